The summed E-state index contributed by atoms with van der Waals surface area (Å²) in [5, 5.41) is 11.1. The van der Waals surface area contributed by atoms with Crippen molar-refractivity contribution in [2.75, 3.05) is 0 Å². The molecular weight excluding hydrogens is 314 g/mol. The Hall–Kier alpha value is -2.17. The lowest BCUT2D eigenvalue weighted by atomic mass is 9.90. The van der Waals surface area contributed by atoms with E-state index in [9.17, 15) is 4.79 Å². The average Bonchev–Trinajstić information content (AvgIpc) is 3.33. The van der Waals surface area contributed by atoms with E-state index in [0.717, 1.165) is 6.42 Å². The molecule has 2 unspecified atom stereocenters. The maximum Gasteiger partial charge on any atom is 0.238 e. The molecule has 5 nitrogen and oxygen atoms in total. The Bertz CT molecular complexity index is 692. The number of carbonyl (C=O) groups is 1. The Balaban J connectivity index is 1.68. The number of aromatic nitrogens is 2. The van der Waals surface area contributed by atoms with Crippen LogP contribution in [0.3, 0.4) is 0 Å². The van der Waals surface area contributed by atoms with E-state index in [-0.39, 0.29) is 11.9 Å². The van der Waals surface area contributed by atoms with E-state index in [1.165, 1.54) is 18.4 Å². The molecule has 1 amide bonds. The maximum atomic E-state index is 12.7. The number of rotatable bonds is 8. The van der Waals surface area contributed by atoms with Crippen LogP contribution < -0.4 is 5.32 Å². The Labute approximate surface area is 149 Å². The van der Waals surface area contributed by atoms with Crippen LogP contribution in [0.1, 0.15) is 68.8 Å². The van der Waals surface area contributed by atoms with Crippen LogP contribution in [0.15, 0.2) is 34.7 Å². The average molecular weight is 341 g/mol. The molecule has 0 aliphatic heterocycles. The van der Waals surface area contributed by atoms with Crippen LogP contribution in [-0.2, 0) is 4.79 Å². The maximum absolute atomic E-state index is 12.7. The topological polar surface area (TPSA) is 68.0 Å². The van der Waals surface area contributed by atoms with Crippen molar-refractivity contribution >= 4 is 5.91 Å². The Kier molecular flexibility index (Phi) is 5.51. The van der Waals surface area contributed by atoms with E-state index in [0.29, 0.717) is 36.0 Å². The molecule has 1 fully saturated rings. The Morgan fingerprint density at radius 2 is 1.96 bits per heavy atom. The summed E-state index contributed by atoms with van der Waals surface area (Å²) in [4.78, 5) is 12.7. The van der Waals surface area contributed by atoms with Crippen molar-refractivity contribution < 1.29 is 9.21 Å². The highest BCUT2D eigenvalue weighted by atomic mass is 16.4. The number of aryl methyl sites for hydroxylation is 1. The fourth-order valence-corrected chi connectivity index (χ4v) is 3.35. The minimum atomic E-state index is -0.218. The lowest BCUT2D eigenvalue weighted by molar-refractivity contribution is -0.122. The highest BCUT2D eigenvalue weighted by molar-refractivity contribution is 5.77. The van der Waals surface area contributed by atoms with Gasteiger partial charge in [0.25, 0.3) is 0 Å². The smallest absolute Gasteiger partial charge is 0.238 e. The van der Waals surface area contributed by atoms with Crippen LogP contribution in [0.2, 0.25) is 0 Å². The van der Waals surface area contributed by atoms with Crippen molar-refractivity contribution in [1.82, 2.24) is 15.5 Å². The number of carbonyl (C=O) groups excluding carboxylic acids is 1. The summed E-state index contributed by atoms with van der Waals surface area (Å²) in [6, 6.07) is 10.2. The van der Waals surface area contributed by atoms with Gasteiger partial charge in [-0.15, -0.1) is 10.2 Å². The molecule has 1 N–H and O–H groups in total. The van der Waals surface area contributed by atoms with E-state index in [2.05, 4.69) is 41.5 Å². The van der Waals surface area contributed by atoms with Gasteiger partial charge in [0.1, 0.15) is 6.04 Å². The summed E-state index contributed by atoms with van der Waals surface area (Å²) in [5.74, 6) is 2.43. The van der Waals surface area contributed by atoms with Crippen LogP contribution >= 0.6 is 0 Å². The van der Waals surface area contributed by atoms with E-state index in [1.54, 1.807) is 6.92 Å². The van der Waals surface area contributed by atoms with Gasteiger partial charge in [0, 0.05) is 13.3 Å². The fourth-order valence-electron chi connectivity index (χ4n) is 3.35. The summed E-state index contributed by atoms with van der Waals surface area (Å²) >= 11 is 0. The van der Waals surface area contributed by atoms with Gasteiger partial charge in [0.15, 0.2) is 0 Å². The van der Waals surface area contributed by atoms with Crippen LogP contribution in [-0.4, -0.2) is 16.1 Å². The first-order valence-electron chi connectivity index (χ1n) is 9.17. The van der Waals surface area contributed by atoms with Crippen molar-refractivity contribution in [2.24, 2.45) is 11.8 Å². The van der Waals surface area contributed by atoms with Gasteiger partial charge in [-0.05, 0) is 42.6 Å². The molecule has 3 rings (SSSR count). The van der Waals surface area contributed by atoms with Gasteiger partial charge < -0.3 is 9.73 Å². The van der Waals surface area contributed by atoms with Crippen LogP contribution in [0.25, 0.3) is 0 Å². The summed E-state index contributed by atoms with van der Waals surface area (Å²) < 4.78 is 5.56. The van der Waals surface area contributed by atoms with Gasteiger partial charge in [-0.2, -0.15) is 0 Å². The second-order valence-electron chi connectivity index (χ2n) is 7.47. The third-order valence-corrected chi connectivity index (χ3v) is 4.71. The third kappa shape index (κ3) is 4.91. The largest absolute Gasteiger partial charge is 0.423 e. The molecule has 1 aromatic heterocycles. The van der Waals surface area contributed by atoms with Gasteiger partial charge in [0.05, 0.1) is 0 Å². The van der Waals surface area contributed by atoms with Crippen molar-refractivity contribution in [1.29, 1.82) is 0 Å². The SMILES string of the molecule is Cc1nnc(C(CC(C)C)NC(=O)CC(c2ccccc2)C2CC2)o1. The molecule has 0 spiro atoms. The van der Waals surface area contributed by atoms with E-state index in [4.69, 9.17) is 4.42 Å². The summed E-state index contributed by atoms with van der Waals surface area (Å²) in [6.07, 6.45) is 3.72. The molecular formula is C20H27N3O2. The molecule has 0 saturated heterocycles. The monoisotopic (exact) mass is 341 g/mol. The van der Waals surface area contributed by atoms with Crippen LogP contribution in [0.5, 0.6) is 0 Å². The lowest BCUT2D eigenvalue weighted by Gasteiger charge is -2.20. The molecule has 1 saturated carbocycles. The second kappa shape index (κ2) is 7.81. The number of hydrogen-bond acceptors (Lipinski definition) is 4. The third-order valence-electron chi connectivity index (χ3n) is 4.71. The fraction of sp³-hybridized carbons (Fsp3) is 0.550. The van der Waals surface area contributed by atoms with Gasteiger partial charge in [-0.1, -0.05) is 44.2 Å². The first kappa shape index (κ1) is 17.6. The molecule has 25 heavy (non-hydrogen) atoms. The van der Waals surface area contributed by atoms with Crippen molar-refractivity contribution in [3.05, 3.63) is 47.7 Å². The zero-order valence-electron chi connectivity index (χ0n) is 15.2. The predicted octanol–water partition coefficient (Wildman–Crippen LogP) is 4.17. The van der Waals surface area contributed by atoms with Crippen molar-refractivity contribution in [2.45, 2.75) is 58.4 Å². The molecule has 2 aromatic rings. The lowest BCUT2D eigenvalue weighted by Crippen LogP contribution is -2.31. The number of benzene rings is 1. The van der Waals surface area contributed by atoms with Crippen LogP contribution in [0, 0.1) is 18.8 Å². The molecule has 1 aromatic carbocycles. The quantitative estimate of drug-likeness (QED) is 0.782. The predicted molar refractivity (Wildman–Crippen MR) is 95.9 cm³/mol. The molecule has 0 bridgehead atoms. The Morgan fingerprint density at radius 1 is 1.24 bits per heavy atom. The first-order valence-corrected chi connectivity index (χ1v) is 9.17. The number of nitrogens with zero attached hydrogens (tertiary/aromatic N) is 2. The summed E-state index contributed by atoms with van der Waals surface area (Å²) in [5.41, 5.74) is 1.26. The van der Waals surface area contributed by atoms with Crippen molar-refractivity contribution in [3.63, 3.8) is 0 Å². The highest BCUT2D eigenvalue weighted by Crippen LogP contribution is 2.44. The second-order valence-corrected chi connectivity index (χ2v) is 7.47. The zero-order valence-corrected chi connectivity index (χ0v) is 15.2. The molecule has 1 heterocycles. The molecule has 2 atom stereocenters. The van der Waals surface area contributed by atoms with Crippen molar-refractivity contribution in [3.8, 4) is 0 Å². The van der Waals surface area contributed by atoms with E-state index in [1.807, 2.05) is 18.2 Å². The summed E-state index contributed by atoms with van der Waals surface area (Å²) in [7, 11) is 0. The number of hydrogen-bond donors (Lipinski definition) is 1. The van der Waals surface area contributed by atoms with Gasteiger partial charge >= 0.3 is 0 Å². The minimum absolute atomic E-state index is 0.0576. The molecule has 1 aliphatic rings. The molecule has 134 valence electrons. The standard InChI is InChI=1S/C20H27N3O2/c1-13(2)11-18(20-23-22-14(3)25-20)21-19(24)12-17(16-9-10-16)15-7-5-4-6-8-15/h4-8,13,16-18H,9-12H2,1-3H3,(H,21,24). The minimum Gasteiger partial charge on any atom is -0.423 e. The molecule has 1 aliphatic carbocycles. The highest BCUT2D eigenvalue weighted by Gasteiger charge is 2.34. The van der Waals surface area contributed by atoms with Crippen LogP contribution in [0.4, 0.5) is 0 Å². The summed E-state index contributed by atoms with van der Waals surface area (Å²) in [6.45, 7) is 6.02. The van der Waals surface area contributed by atoms with E-state index < -0.39 is 0 Å². The molecule has 5 heteroatoms. The normalized spacial score (nSPS) is 16.6. The van der Waals surface area contributed by atoms with E-state index >= 15 is 0 Å². The Morgan fingerprint density at radius 3 is 2.52 bits per heavy atom. The van der Waals surface area contributed by atoms with Gasteiger partial charge in [-0.25, -0.2) is 0 Å². The molecule has 0 radical (unpaired) electrons. The van der Waals surface area contributed by atoms with Gasteiger partial charge in [-0.3, -0.25) is 4.79 Å². The van der Waals surface area contributed by atoms with Gasteiger partial charge in [0.2, 0.25) is 17.7 Å². The number of nitrogens with one attached hydrogen (secondary N) is 1. The first-order chi connectivity index (χ1) is 12.0. The zero-order chi connectivity index (χ0) is 17.8. The number of amides is 1.